The van der Waals surface area contributed by atoms with Crippen molar-refractivity contribution in [1.82, 2.24) is 5.32 Å². The Kier molecular flexibility index (Phi) is 6.63. The van der Waals surface area contributed by atoms with Gasteiger partial charge in [-0.25, -0.2) is 0 Å². The molecule has 8 heteroatoms. The Morgan fingerprint density at radius 1 is 1.37 bits per heavy atom. The zero-order valence-electron chi connectivity index (χ0n) is 11.0. The van der Waals surface area contributed by atoms with Crippen LogP contribution in [0.4, 0.5) is 0 Å². The fourth-order valence-corrected chi connectivity index (χ4v) is 2.12. The van der Waals surface area contributed by atoms with Crippen LogP contribution in [0.1, 0.15) is 6.42 Å². The van der Waals surface area contributed by atoms with Crippen LogP contribution in [-0.4, -0.2) is 79.3 Å². The number of ether oxygens (including phenoxy) is 3. The molecular formula is C11H21NO7. The van der Waals surface area contributed by atoms with E-state index in [9.17, 15) is 15.0 Å². The summed E-state index contributed by atoms with van der Waals surface area (Å²) >= 11 is 0. The van der Waals surface area contributed by atoms with E-state index in [2.05, 4.69) is 5.32 Å². The van der Waals surface area contributed by atoms with E-state index in [4.69, 9.17) is 19.3 Å². The number of nitrogens with one attached hydrogen (secondary N) is 1. The van der Waals surface area contributed by atoms with Crippen LogP contribution < -0.4 is 5.32 Å². The first-order valence-corrected chi connectivity index (χ1v) is 6.00. The number of hydrogen-bond acceptors (Lipinski definition) is 7. The first-order chi connectivity index (χ1) is 9.04. The summed E-state index contributed by atoms with van der Waals surface area (Å²) in [5, 5.41) is 30.8. The van der Waals surface area contributed by atoms with Crippen LogP contribution in [0.3, 0.4) is 0 Å². The van der Waals surface area contributed by atoms with Crippen LogP contribution in [-0.2, 0) is 19.0 Å². The molecule has 8 nitrogen and oxygen atoms in total. The summed E-state index contributed by atoms with van der Waals surface area (Å²) in [5.41, 5.74) is 0. The van der Waals surface area contributed by atoms with Gasteiger partial charge in [0.05, 0.1) is 19.1 Å². The Balaban J connectivity index is 2.67. The van der Waals surface area contributed by atoms with Crippen molar-refractivity contribution in [3.8, 4) is 0 Å². The molecule has 1 heterocycles. The molecule has 0 amide bonds. The molecule has 5 atom stereocenters. The van der Waals surface area contributed by atoms with Crippen molar-refractivity contribution in [2.45, 2.75) is 37.1 Å². The second-order valence-electron chi connectivity index (χ2n) is 4.28. The summed E-state index contributed by atoms with van der Waals surface area (Å²) in [6.07, 6.45) is -3.25. The summed E-state index contributed by atoms with van der Waals surface area (Å²) in [4.78, 5) is 10.5. The Labute approximate surface area is 111 Å². The zero-order valence-corrected chi connectivity index (χ0v) is 11.0. The van der Waals surface area contributed by atoms with Crippen molar-refractivity contribution in [3.63, 3.8) is 0 Å². The number of carboxylic acids is 1. The fourth-order valence-electron chi connectivity index (χ4n) is 2.12. The third-order valence-electron chi connectivity index (χ3n) is 3.08. The third-order valence-corrected chi connectivity index (χ3v) is 3.08. The smallest absolute Gasteiger partial charge is 0.304 e. The lowest BCUT2D eigenvalue weighted by Crippen LogP contribution is -2.64. The number of aliphatic hydroxyl groups is 2. The van der Waals surface area contributed by atoms with Gasteiger partial charge < -0.3 is 34.8 Å². The van der Waals surface area contributed by atoms with Crippen molar-refractivity contribution in [2.75, 3.05) is 27.4 Å². The van der Waals surface area contributed by atoms with Crippen LogP contribution in [0.5, 0.6) is 0 Å². The summed E-state index contributed by atoms with van der Waals surface area (Å²) in [6.45, 7) is -0.141. The number of hydrogen-bond donors (Lipinski definition) is 4. The van der Waals surface area contributed by atoms with Crippen LogP contribution >= 0.6 is 0 Å². The van der Waals surface area contributed by atoms with Gasteiger partial charge in [0.2, 0.25) is 0 Å². The van der Waals surface area contributed by atoms with E-state index in [1.807, 2.05) is 0 Å². The fraction of sp³-hybridized carbons (Fsp3) is 0.909. The Morgan fingerprint density at radius 2 is 2.05 bits per heavy atom. The maximum Gasteiger partial charge on any atom is 0.304 e. The van der Waals surface area contributed by atoms with Crippen LogP contribution in [0.2, 0.25) is 0 Å². The molecule has 0 aromatic carbocycles. The van der Waals surface area contributed by atoms with Crippen molar-refractivity contribution < 1.29 is 34.3 Å². The SMILES string of the molecule is COC1OC(CO)C(OC)C(O)C1NCCC(=O)O. The molecule has 0 aliphatic carbocycles. The summed E-state index contributed by atoms with van der Waals surface area (Å²) in [5.74, 6) is -0.941. The second-order valence-corrected chi connectivity index (χ2v) is 4.28. The van der Waals surface area contributed by atoms with E-state index in [-0.39, 0.29) is 19.6 Å². The zero-order chi connectivity index (χ0) is 14.4. The first kappa shape index (κ1) is 16.3. The van der Waals surface area contributed by atoms with Crippen molar-refractivity contribution >= 4 is 5.97 Å². The van der Waals surface area contributed by atoms with Gasteiger partial charge in [-0.1, -0.05) is 0 Å². The lowest BCUT2D eigenvalue weighted by molar-refractivity contribution is -0.267. The van der Waals surface area contributed by atoms with E-state index in [1.54, 1.807) is 0 Å². The lowest BCUT2D eigenvalue weighted by atomic mass is 9.96. The van der Waals surface area contributed by atoms with Crippen molar-refractivity contribution in [1.29, 1.82) is 0 Å². The Hall–Kier alpha value is -0.770. The summed E-state index contributed by atoms with van der Waals surface area (Å²) in [7, 11) is 2.81. The average molecular weight is 279 g/mol. The van der Waals surface area contributed by atoms with Gasteiger partial charge in [0.1, 0.15) is 18.3 Å². The molecule has 1 fully saturated rings. The predicted molar refractivity (Wildman–Crippen MR) is 63.6 cm³/mol. The van der Waals surface area contributed by atoms with Crippen molar-refractivity contribution in [2.24, 2.45) is 0 Å². The average Bonchev–Trinajstić information content (AvgIpc) is 2.39. The largest absolute Gasteiger partial charge is 0.481 e. The molecule has 1 rings (SSSR count). The molecule has 0 radical (unpaired) electrons. The molecule has 0 spiro atoms. The molecule has 0 aromatic heterocycles. The van der Waals surface area contributed by atoms with Crippen LogP contribution in [0.15, 0.2) is 0 Å². The van der Waals surface area contributed by atoms with Gasteiger partial charge in [-0.15, -0.1) is 0 Å². The van der Waals surface area contributed by atoms with Gasteiger partial charge in [-0.05, 0) is 0 Å². The minimum absolute atomic E-state index is 0.0826. The molecule has 1 aliphatic rings. The normalized spacial score (nSPS) is 35.3. The maximum absolute atomic E-state index is 10.5. The minimum atomic E-state index is -0.977. The maximum atomic E-state index is 10.5. The highest BCUT2D eigenvalue weighted by atomic mass is 16.7. The molecular weight excluding hydrogens is 258 g/mol. The molecule has 112 valence electrons. The van der Waals surface area contributed by atoms with Gasteiger partial charge in [-0.2, -0.15) is 0 Å². The third kappa shape index (κ3) is 4.10. The molecule has 0 saturated carbocycles. The standard InChI is InChI=1S/C11H21NO7/c1-17-10-6(5-13)19-11(18-2)8(9(10)16)12-4-3-7(14)15/h6,8-13,16H,3-5H2,1-2H3,(H,14,15). The minimum Gasteiger partial charge on any atom is -0.481 e. The highest BCUT2D eigenvalue weighted by Crippen LogP contribution is 2.23. The Morgan fingerprint density at radius 3 is 2.53 bits per heavy atom. The predicted octanol–water partition coefficient (Wildman–Crippen LogP) is -1.84. The first-order valence-electron chi connectivity index (χ1n) is 6.00. The van der Waals surface area contributed by atoms with Gasteiger partial charge in [-0.3, -0.25) is 4.79 Å². The monoisotopic (exact) mass is 279 g/mol. The van der Waals surface area contributed by atoms with E-state index in [0.29, 0.717) is 0 Å². The molecule has 1 aliphatic heterocycles. The van der Waals surface area contributed by atoms with Gasteiger partial charge >= 0.3 is 5.97 Å². The lowest BCUT2D eigenvalue weighted by Gasteiger charge is -2.43. The van der Waals surface area contributed by atoms with Gasteiger partial charge in [0.25, 0.3) is 0 Å². The number of carbonyl (C=O) groups is 1. The second kappa shape index (κ2) is 7.73. The number of methoxy groups -OCH3 is 2. The highest BCUT2D eigenvalue weighted by molar-refractivity contribution is 5.66. The quantitative estimate of drug-likeness (QED) is 0.429. The van der Waals surface area contributed by atoms with E-state index >= 15 is 0 Å². The van der Waals surface area contributed by atoms with Crippen molar-refractivity contribution in [3.05, 3.63) is 0 Å². The van der Waals surface area contributed by atoms with Gasteiger partial charge in [0.15, 0.2) is 6.29 Å². The summed E-state index contributed by atoms with van der Waals surface area (Å²) < 4.78 is 15.7. The van der Waals surface area contributed by atoms with E-state index in [0.717, 1.165) is 0 Å². The van der Waals surface area contributed by atoms with Crippen LogP contribution in [0, 0.1) is 0 Å². The molecule has 0 aromatic rings. The number of aliphatic hydroxyl groups excluding tert-OH is 2. The number of carboxylic acid groups (broad SMARTS) is 1. The van der Waals surface area contributed by atoms with E-state index < -0.39 is 36.6 Å². The van der Waals surface area contributed by atoms with Crippen LogP contribution in [0.25, 0.3) is 0 Å². The molecule has 0 bridgehead atoms. The Bertz CT molecular complexity index is 288. The molecule has 19 heavy (non-hydrogen) atoms. The highest BCUT2D eigenvalue weighted by Gasteiger charge is 2.45. The van der Waals surface area contributed by atoms with E-state index in [1.165, 1.54) is 14.2 Å². The molecule has 4 N–H and O–H groups in total. The summed E-state index contributed by atoms with van der Waals surface area (Å²) in [6, 6.07) is -0.628. The number of rotatable bonds is 7. The molecule has 1 saturated heterocycles. The van der Waals surface area contributed by atoms with Gasteiger partial charge in [0, 0.05) is 20.8 Å². The topological polar surface area (TPSA) is 117 Å². The number of aliphatic carboxylic acids is 1. The molecule has 5 unspecified atom stereocenters.